The number of aromatic nitrogens is 2. The summed E-state index contributed by atoms with van der Waals surface area (Å²) in [5, 5.41) is 7.48. The lowest BCUT2D eigenvalue weighted by atomic mass is 9.98. The van der Waals surface area contributed by atoms with E-state index in [2.05, 4.69) is 5.10 Å². The van der Waals surface area contributed by atoms with E-state index in [1.807, 2.05) is 5.32 Å². The molecule has 0 saturated carbocycles. The predicted molar refractivity (Wildman–Crippen MR) is 131 cm³/mol. The van der Waals surface area contributed by atoms with Crippen molar-refractivity contribution in [2.24, 2.45) is 0 Å². The van der Waals surface area contributed by atoms with Crippen LogP contribution in [0.5, 0.6) is 5.75 Å². The number of alkyl halides is 3. The zero-order chi connectivity index (χ0) is 25.3. The monoisotopic (exact) mass is 521 g/mol. The van der Waals surface area contributed by atoms with Gasteiger partial charge in [-0.25, -0.2) is 9.07 Å². The van der Waals surface area contributed by atoms with Crippen molar-refractivity contribution in [1.82, 2.24) is 15.1 Å². The highest BCUT2D eigenvalue weighted by Crippen LogP contribution is 2.32. The Morgan fingerprint density at radius 1 is 1.08 bits per heavy atom. The molecule has 0 radical (unpaired) electrons. The van der Waals surface area contributed by atoms with E-state index in [-0.39, 0.29) is 13.2 Å². The molecule has 0 saturated heterocycles. The Kier molecular flexibility index (Phi) is 7.93. The first-order valence-electron chi connectivity index (χ1n) is 10.6. The van der Waals surface area contributed by atoms with Crippen LogP contribution in [-0.4, -0.2) is 27.9 Å². The Morgan fingerprint density at radius 3 is 2.42 bits per heavy atom. The van der Waals surface area contributed by atoms with Gasteiger partial charge >= 0.3 is 12.1 Å². The number of nitrogens with one attached hydrogen (secondary N) is 1. The maximum Gasteiger partial charge on any atom is 0.471 e. The Labute approximate surface area is 210 Å². The van der Waals surface area contributed by atoms with Crippen LogP contribution >= 0.6 is 11.6 Å². The van der Waals surface area contributed by atoms with E-state index in [1.54, 1.807) is 66.3 Å². The number of rotatable bonds is 6. The lowest BCUT2D eigenvalue weighted by Gasteiger charge is -2.28. The van der Waals surface area contributed by atoms with Gasteiger partial charge in [0.2, 0.25) is 0 Å². The number of benzene rings is 3. The molecule has 2 atom stereocenters. The Hall–Kier alpha value is -3.59. The van der Waals surface area contributed by atoms with Crippen LogP contribution in [0, 0.1) is 12.7 Å². The van der Waals surface area contributed by atoms with Crippen molar-refractivity contribution in [1.29, 1.82) is 0 Å². The van der Waals surface area contributed by atoms with Gasteiger partial charge in [0.1, 0.15) is 17.7 Å². The SMILES string of the molecule is C.Cc1cc(Cl)ccc1[C@@H](Oc1ccc2c(cnn2-c2ccc(F)cc2)c1)[C@H](C)NC(=O)C(F)(F)F. The highest BCUT2D eigenvalue weighted by atomic mass is 35.5. The van der Waals surface area contributed by atoms with Crippen molar-refractivity contribution in [3.05, 3.63) is 88.8 Å². The van der Waals surface area contributed by atoms with Gasteiger partial charge in [-0.1, -0.05) is 25.1 Å². The quantitative estimate of drug-likeness (QED) is 0.279. The van der Waals surface area contributed by atoms with Crippen LogP contribution in [-0.2, 0) is 4.79 Å². The molecule has 10 heteroatoms. The van der Waals surface area contributed by atoms with Crippen molar-refractivity contribution < 1.29 is 27.1 Å². The van der Waals surface area contributed by atoms with E-state index in [1.165, 1.54) is 19.1 Å². The zero-order valence-corrected chi connectivity index (χ0v) is 19.4. The van der Waals surface area contributed by atoms with Crippen LogP contribution in [0.4, 0.5) is 17.6 Å². The van der Waals surface area contributed by atoms with E-state index in [0.29, 0.717) is 33.0 Å². The molecule has 1 heterocycles. The number of halogens is 5. The van der Waals surface area contributed by atoms with Crippen LogP contribution in [0.25, 0.3) is 16.6 Å². The number of hydrogen-bond donors (Lipinski definition) is 1. The minimum Gasteiger partial charge on any atom is -0.484 e. The normalized spacial score (nSPS) is 13.1. The molecule has 3 aromatic carbocycles. The van der Waals surface area contributed by atoms with Gasteiger partial charge in [-0.15, -0.1) is 0 Å². The standard InChI is InChI=1S/C25H20ClF4N3O2.CH4/c1-14-11-17(26)3-9-21(14)23(15(2)32-24(34)25(28,29)30)35-20-8-10-22-16(12-20)13-31-33(22)19-6-4-18(27)5-7-19;/h3-13,15,23H,1-2H3,(H,32,34);1H4/t15-,23-;/m0./s1. The topological polar surface area (TPSA) is 56.1 Å². The third kappa shape index (κ3) is 5.79. The van der Waals surface area contributed by atoms with E-state index in [4.69, 9.17) is 16.3 Å². The summed E-state index contributed by atoms with van der Waals surface area (Å²) in [6.07, 6.45) is -4.37. The summed E-state index contributed by atoms with van der Waals surface area (Å²) < 4.78 is 59.6. The van der Waals surface area contributed by atoms with Gasteiger partial charge in [0.15, 0.2) is 0 Å². The van der Waals surface area contributed by atoms with Gasteiger partial charge < -0.3 is 10.1 Å². The molecule has 0 spiro atoms. The summed E-state index contributed by atoms with van der Waals surface area (Å²) >= 11 is 6.04. The number of nitrogens with zero attached hydrogens (tertiary/aromatic N) is 2. The van der Waals surface area contributed by atoms with Crippen molar-refractivity contribution >= 4 is 28.4 Å². The molecule has 36 heavy (non-hydrogen) atoms. The largest absolute Gasteiger partial charge is 0.484 e. The third-order valence-corrected chi connectivity index (χ3v) is 5.72. The van der Waals surface area contributed by atoms with E-state index < -0.39 is 24.2 Å². The second-order valence-electron chi connectivity index (χ2n) is 8.05. The first kappa shape index (κ1) is 27.0. The van der Waals surface area contributed by atoms with Crippen LogP contribution in [0.15, 0.2) is 66.9 Å². The van der Waals surface area contributed by atoms with Crippen LogP contribution in [0.3, 0.4) is 0 Å². The summed E-state index contributed by atoms with van der Waals surface area (Å²) in [6.45, 7) is 3.19. The second kappa shape index (κ2) is 10.6. The molecular formula is C26H24ClF4N3O2. The maximum atomic E-state index is 13.3. The number of ether oxygens (including phenoxy) is 1. The summed E-state index contributed by atoms with van der Waals surface area (Å²) in [4.78, 5) is 11.6. The van der Waals surface area contributed by atoms with Crippen LogP contribution in [0.1, 0.15) is 31.6 Å². The minimum absolute atomic E-state index is 0. The molecule has 0 fully saturated rings. The number of carbonyl (C=O) groups excluding carboxylic acids is 1. The van der Waals surface area contributed by atoms with Crippen LogP contribution < -0.4 is 10.1 Å². The van der Waals surface area contributed by atoms with Crippen molar-refractivity contribution in [3.8, 4) is 11.4 Å². The second-order valence-corrected chi connectivity index (χ2v) is 8.49. The van der Waals surface area contributed by atoms with Crippen LogP contribution in [0.2, 0.25) is 5.02 Å². The fraction of sp³-hybridized carbons (Fsp3) is 0.231. The van der Waals surface area contributed by atoms with Gasteiger partial charge in [-0.05, 0) is 79.6 Å². The molecule has 1 N–H and O–H groups in total. The molecule has 0 unspecified atom stereocenters. The summed E-state index contributed by atoms with van der Waals surface area (Å²) in [7, 11) is 0. The highest BCUT2D eigenvalue weighted by molar-refractivity contribution is 6.30. The van der Waals surface area contributed by atoms with Crippen molar-refractivity contribution in [2.75, 3.05) is 0 Å². The summed E-state index contributed by atoms with van der Waals surface area (Å²) in [5.74, 6) is -2.05. The van der Waals surface area contributed by atoms with Gasteiger partial charge in [0, 0.05) is 10.4 Å². The molecule has 190 valence electrons. The minimum atomic E-state index is -5.03. The van der Waals surface area contributed by atoms with E-state index in [0.717, 1.165) is 5.52 Å². The molecule has 0 aliphatic carbocycles. The third-order valence-electron chi connectivity index (χ3n) is 5.48. The highest BCUT2D eigenvalue weighted by Gasteiger charge is 2.40. The van der Waals surface area contributed by atoms with Gasteiger partial charge in [-0.3, -0.25) is 4.79 Å². The average molecular weight is 522 g/mol. The molecule has 4 aromatic rings. The Bertz CT molecular complexity index is 1370. The van der Waals surface area contributed by atoms with Crippen molar-refractivity contribution in [3.63, 3.8) is 0 Å². The fourth-order valence-corrected chi connectivity index (χ4v) is 4.00. The smallest absolute Gasteiger partial charge is 0.471 e. The first-order valence-corrected chi connectivity index (χ1v) is 10.9. The lowest BCUT2D eigenvalue weighted by Crippen LogP contribution is -2.45. The summed E-state index contributed by atoms with van der Waals surface area (Å²) in [6, 6.07) is 14.8. The maximum absolute atomic E-state index is 13.3. The first-order chi connectivity index (χ1) is 16.5. The van der Waals surface area contributed by atoms with Gasteiger partial charge in [0.25, 0.3) is 0 Å². The molecule has 1 amide bonds. The molecule has 0 bridgehead atoms. The number of amides is 1. The lowest BCUT2D eigenvalue weighted by molar-refractivity contribution is -0.174. The number of aryl methyl sites for hydroxylation is 1. The molecule has 0 aliphatic heterocycles. The van der Waals surface area contributed by atoms with Gasteiger partial charge in [0.05, 0.1) is 23.4 Å². The average Bonchev–Trinajstić information content (AvgIpc) is 3.21. The molecular weight excluding hydrogens is 498 g/mol. The molecule has 0 aliphatic rings. The van der Waals surface area contributed by atoms with E-state index in [9.17, 15) is 22.4 Å². The van der Waals surface area contributed by atoms with Crippen molar-refractivity contribution in [2.45, 2.75) is 39.6 Å². The fourth-order valence-electron chi connectivity index (χ4n) is 3.78. The molecule has 1 aromatic heterocycles. The Morgan fingerprint density at radius 2 is 1.78 bits per heavy atom. The molecule has 5 nitrogen and oxygen atoms in total. The number of carbonyl (C=O) groups is 1. The zero-order valence-electron chi connectivity index (χ0n) is 18.6. The van der Waals surface area contributed by atoms with E-state index >= 15 is 0 Å². The van der Waals surface area contributed by atoms with Gasteiger partial charge in [-0.2, -0.15) is 18.3 Å². The Balaban J connectivity index is 0.00000361. The summed E-state index contributed by atoms with van der Waals surface area (Å²) in [5.41, 5.74) is 2.65. The molecule has 4 rings (SSSR count). The number of fused-ring (bicyclic) bond motifs is 1. The predicted octanol–water partition coefficient (Wildman–Crippen LogP) is 6.95. The number of hydrogen-bond acceptors (Lipinski definition) is 3.